The van der Waals surface area contributed by atoms with Gasteiger partial charge in [0.15, 0.2) is 9.93 Å². The molecular formula is C25H22N6OS2. The number of rotatable bonds is 8. The van der Waals surface area contributed by atoms with E-state index >= 15 is 0 Å². The van der Waals surface area contributed by atoms with Crippen molar-refractivity contribution in [3.8, 4) is 0 Å². The highest BCUT2D eigenvalue weighted by atomic mass is 32.2. The molecule has 170 valence electrons. The minimum atomic E-state index is -0.0489. The van der Waals surface area contributed by atoms with E-state index in [-0.39, 0.29) is 5.56 Å². The molecule has 34 heavy (non-hydrogen) atoms. The number of thioether (sulfide) groups is 1. The fourth-order valence-corrected chi connectivity index (χ4v) is 4.93. The lowest BCUT2D eigenvalue weighted by Gasteiger charge is -2.13. The van der Waals surface area contributed by atoms with Crippen molar-refractivity contribution in [1.82, 2.24) is 29.3 Å². The predicted molar refractivity (Wildman–Crippen MR) is 136 cm³/mol. The number of aromatic nitrogens is 6. The molecule has 7 nitrogen and oxygen atoms in total. The number of benzene rings is 2. The van der Waals surface area contributed by atoms with Crippen LogP contribution in [0.25, 0.3) is 10.9 Å². The number of hydrogen-bond acceptors (Lipinski definition) is 6. The lowest BCUT2D eigenvalue weighted by atomic mass is 10.2. The first-order valence-electron chi connectivity index (χ1n) is 10.9. The van der Waals surface area contributed by atoms with E-state index in [4.69, 9.17) is 17.2 Å². The first-order valence-corrected chi connectivity index (χ1v) is 12.3. The predicted octanol–water partition coefficient (Wildman–Crippen LogP) is 4.63. The summed E-state index contributed by atoms with van der Waals surface area (Å²) in [5.74, 6) is 1.33. The van der Waals surface area contributed by atoms with Crippen LogP contribution in [0.1, 0.15) is 17.1 Å². The van der Waals surface area contributed by atoms with Gasteiger partial charge in [-0.2, -0.15) is 5.10 Å². The molecule has 2 aromatic carbocycles. The van der Waals surface area contributed by atoms with Crippen LogP contribution in [0.5, 0.6) is 0 Å². The Labute approximate surface area is 205 Å². The molecule has 0 aliphatic heterocycles. The molecule has 9 heteroatoms. The topological polar surface area (TPSA) is 81.4 Å². The molecule has 0 atom stereocenters. The number of aryl methyl sites for hydroxylation is 1. The van der Waals surface area contributed by atoms with Crippen molar-refractivity contribution in [1.29, 1.82) is 0 Å². The fraction of sp³-hybridized carbons (Fsp3) is 0.160. The molecule has 0 aliphatic rings. The fourth-order valence-electron chi connectivity index (χ4n) is 3.75. The highest BCUT2D eigenvalue weighted by Gasteiger charge is 2.14. The third-order valence-electron chi connectivity index (χ3n) is 5.50. The lowest BCUT2D eigenvalue weighted by molar-refractivity contribution is 0.589. The summed E-state index contributed by atoms with van der Waals surface area (Å²) in [6.45, 7) is 1.12. The second kappa shape index (κ2) is 10.1. The molecule has 0 bridgehead atoms. The van der Waals surface area contributed by atoms with Gasteiger partial charge >= 0.3 is 0 Å². The Morgan fingerprint density at radius 2 is 1.74 bits per heavy atom. The van der Waals surface area contributed by atoms with Gasteiger partial charge in [0.25, 0.3) is 5.56 Å². The Morgan fingerprint density at radius 1 is 0.941 bits per heavy atom. The molecule has 0 saturated heterocycles. The van der Waals surface area contributed by atoms with E-state index in [9.17, 15) is 4.79 Å². The normalized spacial score (nSPS) is 11.2. The number of H-pyrrole nitrogens is 1. The molecular weight excluding hydrogens is 464 g/mol. The van der Waals surface area contributed by atoms with Crippen molar-refractivity contribution in [2.45, 2.75) is 30.4 Å². The Kier molecular flexibility index (Phi) is 6.64. The Hall–Kier alpha value is -3.56. The van der Waals surface area contributed by atoms with Crippen molar-refractivity contribution < 1.29 is 0 Å². The summed E-state index contributed by atoms with van der Waals surface area (Å²) >= 11 is 6.95. The van der Waals surface area contributed by atoms with Gasteiger partial charge in [-0.05, 0) is 42.0 Å². The lowest BCUT2D eigenvalue weighted by Crippen LogP contribution is -2.24. The summed E-state index contributed by atoms with van der Waals surface area (Å²) < 4.78 is 4.29. The molecule has 5 aromatic rings. The minimum absolute atomic E-state index is 0.0489. The summed E-state index contributed by atoms with van der Waals surface area (Å²) in [6, 6.07) is 23.4. The van der Waals surface area contributed by atoms with E-state index in [2.05, 4.69) is 27.3 Å². The highest BCUT2D eigenvalue weighted by molar-refractivity contribution is 7.98. The number of nitrogens with one attached hydrogen (secondary N) is 1. The molecule has 5 rings (SSSR count). The molecule has 3 aromatic heterocycles. The number of hydrogen-bond donors (Lipinski definition) is 1. The van der Waals surface area contributed by atoms with Crippen molar-refractivity contribution >= 4 is 34.9 Å². The molecule has 3 heterocycles. The largest absolute Gasteiger partial charge is 0.299 e. The van der Waals surface area contributed by atoms with Crippen LogP contribution >= 0.6 is 24.0 Å². The summed E-state index contributed by atoms with van der Waals surface area (Å²) in [5, 5.41) is 8.60. The van der Waals surface area contributed by atoms with Gasteiger partial charge in [-0.3, -0.25) is 24.0 Å². The molecule has 0 radical (unpaired) electrons. The Bertz CT molecular complexity index is 1530. The molecule has 0 unspecified atom stereocenters. The zero-order valence-corrected chi connectivity index (χ0v) is 19.9. The van der Waals surface area contributed by atoms with Crippen LogP contribution in [0.15, 0.2) is 88.9 Å². The van der Waals surface area contributed by atoms with Crippen LogP contribution < -0.4 is 5.56 Å². The first-order chi connectivity index (χ1) is 16.7. The van der Waals surface area contributed by atoms with Crippen LogP contribution in [-0.2, 0) is 25.3 Å². The van der Waals surface area contributed by atoms with Gasteiger partial charge < -0.3 is 0 Å². The Balaban J connectivity index is 1.44. The average Bonchev–Trinajstić information content (AvgIpc) is 3.22. The van der Waals surface area contributed by atoms with E-state index in [0.29, 0.717) is 46.1 Å². The maximum Gasteiger partial charge on any atom is 0.262 e. The van der Waals surface area contributed by atoms with Crippen LogP contribution in [0.4, 0.5) is 0 Å². The van der Waals surface area contributed by atoms with E-state index in [1.54, 1.807) is 10.8 Å². The third-order valence-corrected chi connectivity index (χ3v) is 6.78. The molecule has 0 aliphatic carbocycles. The molecule has 0 spiro atoms. The van der Waals surface area contributed by atoms with Crippen LogP contribution in [-0.4, -0.2) is 29.3 Å². The zero-order valence-electron chi connectivity index (χ0n) is 18.3. The summed E-state index contributed by atoms with van der Waals surface area (Å²) in [5.41, 5.74) is 2.71. The van der Waals surface area contributed by atoms with Gasteiger partial charge in [0.05, 0.1) is 23.2 Å². The summed E-state index contributed by atoms with van der Waals surface area (Å²) in [7, 11) is 0. The molecule has 0 fully saturated rings. The van der Waals surface area contributed by atoms with E-state index < -0.39 is 0 Å². The smallest absolute Gasteiger partial charge is 0.262 e. The first kappa shape index (κ1) is 22.2. The van der Waals surface area contributed by atoms with Crippen LogP contribution in [0.2, 0.25) is 0 Å². The van der Waals surface area contributed by atoms with Crippen molar-refractivity contribution in [3.63, 3.8) is 0 Å². The van der Waals surface area contributed by atoms with Gasteiger partial charge in [0.1, 0.15) is 5.82 Å². The highest BCUT2D eigenvalue weighted by Crippen LogP contribution is 2.22. The minimum Gasteiger partial charge on any atom is -0.299 e. The maximum atomic E-state index is 13.3. The average molecular weight is 487 g/mol. The SMILES string of the molecule is O=c1c2ccccc2nc(SCc2n[nH]c(=S)n2Cc2ccccc2)n1CCc1ccccn1. The van der Waals surface area contributed by atoms with E-state index in [0.717, 1.165) is 17.1 Å². The number of para-hydroxylation sites is 1. The summed E-state index contributed by atoms with van der Waals surface area (Å²) in [6.07, 6.45) is 2.41. The quantitative estimate of drug-likeness (QED) is 0.196. The van der Waals surface area contributed by atoms with E-state index in [1.807, 2.05) is 65.2 Å². The second-order valence-corrected chi connectivity index (χ2v) is 9.07. The standard InChI is InChI=1S/C25H22N6OS2/c32-23-20-11-4-5-12-21(20)27-25(30(23)15-13-19-10-6-7-14-26-19)34-17-22-28-29-24(33)31(22)16-18-8-2-1-3-9-18/h1-12,14H,13,15-17H2,(H,29,33). The Morgan fingerprint density at radius 3 is 2.56 bits per heavy atom. The maximum absolute atomic E-state index is 13.3. The van der Waals surface area contributed by atoms with Crippen molar-refractivity contribution in [2.75, 3.05) is 0 Å². The van der Waals surface area contributed by atoms with Gasteiger partial charge in [-0.1, -0.05) is 60.3 Å². The number of fused-ring (bicyclic) bond motifs is 1. The molecule has 0 saturated carbocycles. The monoisotopic (exact) mass is 486 g/mol. The van der Waals surface area contributed by atoms with E-state index in [1.165, 1.54) is 11.8 Å². The number of nitrogens with zero attached hydrogens (tertiary/aromatic N) is 5. The summed E-state index contributed by atoms with van der Waals surface area (Å²) in [4.78, 5) is 22.5. The molecule has 0 amide bonds. The van der Waals surface area contributed by atoms with Gasteiger partial charge in [0.2, 0.25) is 0 Å². The second-order valence-electron chi connectivity index (χ2n) is 7.74. The third kappa shape index (κ3) is 4.85. The van der Waals surface area contributed by atoms with Gasteiger partial charge in [-0.15, -0.1) is 0 Å². The zero-order chi connectivity index (χ0) is 23.3. The van der Waals surface area contributed by atoms with Crippen molar-refractivity contribution in [3.05, 3.63) is 111 Å². The van der Waals surface area contributed by atoms with Crippen molar-refractivity contribution in [2.24, 2.45) is 0 Å². The number of pyridine rings is 1. The number of aromatic amines is 1. The van der Waals surface area contributed by atoms with Crippen LogP contribution in [0, 0.1) is 4.77 Å². The van der Waals surface area contributed by atoms with Gasteiger partial charge in [0, 0.05) is 24.9 Å². The molecule has 1 N–H and O–H groups in total. The van der Waals surface area contributed by atoms with Crippen LogP contribution in [0.3, 0.4) is 0 Å². The van der Waals surface area contributed by atoms with Gasteiger partial charge in [-0.25, -0.2) is 4.98 Å².